The first-order valence-electron chi connectivity index (χ1n) is 3.58. The highest BCUT2D eigenvalue weighted by Crippen LogP contribution is 2.05. The molecule has 0 bridgehead atoms. The van der Waals surface area contributed by atoms with E-state index in [1.54, 1.807) is 6.92 Å². The summed E-state index contributed by atoms with van der Waals surface area (Å²) < 4.78 is 0. The molecule has 1 heterocycles. The quantitative estimate of drug-likeness (QED) is 0.550. The van der Waals surface area contributed by atoms with E-state index in [2.05, 4.69) is 5.32 Å². The third-order valence-electron chi connectivity index (χ3n) is 1.81. The molecule has 10 heavy (non-hydrogen) atoms. The second-order valence-electron chi connectivity index (χ2n) is 2.55. The van der Waals surface area contributed by atoms with E-state index in [1.165, 1.54) is 0 Å². The molecule has 0 spiro atoms. The molecule has 1 aliphatic heterocycles. The van der Waals surface area contributed by atoms with E-state index in [4.69, 9.17) is 5.41 Å². The summed E-state index contributed by atoms with van der Waals surface area (Å²) in [7, 11) is 0. The Kier molecular flexibility index (Phi) is 2.17. The summed E-state index contributed by atoms with van der Waals surface area (Å²) in [5.74, 6) is 0.193. The standard InChI is InChI=1S/C7H12N2O/c1-2-6(10)7(8)5-3-9-4-5/h5,8-9H,2-4H2,1H3. The molecule has 0 saturated carbocycles. The molecule has 1 fully saturated rings. The van der Waals surface area contributed by atoms with Crippen molar-refractivity contribution in [2.75, 3.05) is 13.1 Å². The van der Waals surface area contributed by atoms with Crippen LogP contribution in [0.25, 0.3) is 0 Å². The number of hydrogen-bond acceptors (Lipinski definition) is 3. The molecule has 0 aromatic rings. The first-order valence-corrected chi connectivity index (χ1v) is 3.58. The Hall–Kier alpha value is -0.700. The van der Waals surface area contributed by atoms with Gasteiger partial charge in [0.2, 0.25) is 0 Å². The molecule has 0 aromatic heterocycles. The van der Waals surface area contributed by atoms with Gasteiger partial charge in [-0.3, -0.25) is 4.79 Å². The first kappa shape index (κ1) is 7.41. The minimum absolute atomic E-state index is 0.00787. The van der Waals surface area contributed by atoms with Crippen LogP contribution in [0.1, 0.15) is 13.3 Å². The van der Waals surface area contributed by atoms with Gasteiger partial charge in [0.15, 0.2) is 5.78 Å². The largest absolute Gasteiger partial charge is 0.315 e. The van der Waals surface area contributed by atoms with Gasteiger partial charge in [-0.2, -0.15) is 0 Å². The number of hydrogen-bond donors (Lipinski definition) is 2. The molecule has 0 radical (unpaired) electrons. The summed E-state index contributed by atoms with van der Waals surface area (Å²) in [6.07, 6.45) is 0.468. The summed E-state index contributed by atoms with van der Waals surface area (Å²) in [4.78, 5) is 10.9. The zero-order valence-corrected chi connectivity index (χ0v) is 6.11. The minimum Gasteiger partial charge on any atom is -0.315 e. The fourth-order valence-corrected chi connectivity index (χ4v) is 0.911. The molecule has 0 unspecified atom stereocenters. The van der Waals surface area contributed by atoms with Gasteiger partial charge in [0.25, 0.3) is 0 Å². The Labute approximate surface area is 60.3 Å². The van der Waals surface area contributed by atoms with E-state index in [0.29, 0.717) is 12.1 Å². The van der Waals surface area contributed by atoms with E-state index in [9.17, 15) is 4.79 Å². The summed E-state index contributed by atoms with van der Waals surface area (Å²) in [5, 5.41) is 10.4. The molecule has 3 heteroatoms. The SMILES string of the molecule is CCC(=O)C(=N)C1CNC1. The average molecular weight is 140 g/mol. The highest BCUT2D eigenvalue weighted by atomic mass is 16.1. The Morgan fingerprint density at radius 2 is 2.30 bits per heavy atom. The van der Waals surface area contributed by atoms with Gasteiger partial charge >= 0.3 is 0 Å². The van der Waals surface area contributed by atoms with Crippen molar-refractivity contribution in [2.24, 2.45) is 5.92 Å². The Morgan fingerprint density at radius 3 is 2.60 bits per heavy atom. The van der Waals surface area contributed by atoms with Crippen LogP contribution in [0.2, 0.25) is 0 Å². The maximum absolute atomic E-state index is 10.9. The Balaban J connectivity index is 2.39. The zero-order chi connectivity index (χ0) is 7.56. The van der Waals surface area contributed by atoms with Gasteiger partial charge in [-0.05, 0) is 0 Å². The normalized spacial score (nSPS) is 18.1. The van der Waals surface area contributed by atoms with Crippen molar-refractivity contribution in [3.8, 4) is 0 Å². The van der Waals surface area contributed by atoms with Crippen LogP contribution < -0.4 is 5.32 Å². The number of Topliss-reactive ketones (excluding diaryl/α,β-unsaturated/α-hetero) is 1. The molecule has 0 atom stereocenters. The van der Waals surface area contributed by atoms with E-state index in [0.717, 1.165) is 13.1 Å². The van der Waals surface area contributed by atoms with Gasteiger partial charge in [0, 0.05) is 25.4 Å². The molecule has 0 aliphatic carbocycles. The monoisotopic (exact) mass is 140 g/mol. The lowest BCUT2D eigenvalue weighted by molar-refractivity contribution is -0.113. The highest BCUT2D eigenvalue weighted by molar-refractivity contribution is 6.39. The molecule has 56 valence electrons. The maximum Gasteiger partial charge on any atom is 0.176 e. The lowest BCUT2D eigenvalue weighted by Crippen LogP contribution is -2.48. The van der Waals surface area contributed by atoms with Gasteiger partial charge in [0.1, 0.15) is 0 Å². The predicted octanol–water partition coefficient (Wildman–Crippen LogP) is 0.205. The third kappa shape index (κ3) is 1.24. The zero-order valence-electron chi connectivity index (χ0n) is 6.11. The summed E-state index contributed by atoms with van der Waals surface area (Å²) >= 11 is 0. The lowest BCUT2D eigenvalue weighted by atomic mass is 9.93. The van der Waals surface area contributed by atoms with Gasteiger partial charge in [-0.1, -0.05) is 6.92 Å². The lowest BCUT2D eigenvalue weighted by Gasteiger charge is -2.26. The molecular formula is C7H12N2O. The fourth-order valence-electron chi connectivity index (χ4n) is 0.911. The van der Waals surface area contributed by atoms with Crippen LogP contribution in [-0.2, 0) is 4.79 Å². The first-order chi connectivity index (χ1) is 4.75. The predicted molar refractivity (Wildman–Crippen MR) is 39.4 cm³/mol. The summed E-state index contributed by atoms with van der Waals surface area (Å²) in [6, 6.07) is 0. The molecule has 1 aliphatic rings. The van der Waals surface area contributed by atoms with E-state index in [1.807, 2.05) is 0 Å². The molecule has 3 nitrogen and oxygen atoms in total. The second-order valence-corrected chi connectivity index (χ2v) is 2.55. The van der Waals surface area contributed by atoms with Gasteiger partial charge in [0.05, 0.1) is 5.71 Å². The number of carbonyl (C=O) groups excluding carboxylic acids is 1. The number of carbonyl (C=O) groups is 1. The molecule has 2 N–H and O–H groups in total. The van der Waals surface area contributed by atoms with Crippen LogP contribution in [0.3, 0.4) is 0 Å². The Bertz CT molecular complexity index is 161. The second kappa shape index (κ2) is 2.92. The van der Waals surface area contributed by atoms with Crippen LogP contribution in [0.15, 0.2) is 0 Å². The van der Waals surface area contributed by atoms with E-state index < -0.39 is 0 Å². The van der Waals surface area contributed by atoms with Crippen molar-refractivity contribution >= 4 is 11.5 Å². The maximum atomic E-state index is 10.9. The number of rotatable bonds is 3. The van der Waals surface area contributed by atoms with E-state index in [-0.39, 0.29) is 11.7 Å². The van der Waals surface area contributed by atoms with E-state index >= 15 is 0 Å². The van der Waals surface area contributed by atoms with Crippen molar-refractivity contribution in [3.05, 3.63) is 0 Å². The Morgan fingerprint density at radius 1 is 1.70 bits per heavy atom. The van der Waals surface area contributed by atoms with Crippen molar-refractivity contribution < 1.29 is 4.79 Å². The van der Waals surface area contributed by atoms with Crippen molar-refractivity contribution in [3.63, 3.8) is 0 Å². The topological polar surface area (TPSA) is 53.0 Å². The average Bonchev–Trinajstić information content (AvgIpc) is 1.82. The van der Waals surface area contributed by atoms with Gasteiger partial charge in [-0.15, -0.1) is 0 Å². The molecule has 0 aromatic carbocycles. The van der Waals surface area contributed by atoms with Crippen LogP contribution in [0.5, 0.6) is 0 Å². The van der Waals surface area contributed by atoms with Crippen molar-refractivity contribution in [2.45, 2.75) is 13.3 Å². The smallest absolute Gasteiger partial charge is 0.176 e. The van der Waals surface area contributed by atoms with Crippen molar-refractivity contribution in [1.29, 1.82) is 5.41 Å². The minimum atomic E-state index is -0.00787. The molecule has 1 saturated heterocycles. The van der Waals surface area contributed by atoms with Crippen LogP contribution in [0.4, 0.5) is 0 Å². The molecule has 1 rings (SSSR count). The van der Waals surface area contributed by atoms with Crippen molar-refractivity contribution in [1.82, 2.24) is 5.32 Å². The van der Waals surface area contributed by atoms with Crippen LogP contribution in [-0.4, -0.2) is 24.6 Å². The number of ketones is 1. The highest BCUT2D eigenvalue weighted by Gasteiger charge is 2.24. The fraction of sp³-hybridized carbons (Fsp3) is 0.714. The summed E-state index contributed by atoms with van der Waals surface area (Å²) in [6.45, 7) is 3.41. The summed E-state index contributed by atoms with van der Waals surface area (Å²) in [5.41, 5.74) is 0.307. The van der Waals surface area contributed by atoms with Gasteiger partial charge < -0.3 is 10.7 Å². The van der Waals surface area contributed by atoms with Gasteiger partial charge in [-0.25, -0.2) is 0 Å². The number of nitrogens with one attached hydrogen (secondary N) is 2. The van der Waals surface area contributed by atoms with Crippen LogP contribution in [0, 0.1) is 11.3 Å². The molecule has 0 amide bonds. The third-order valence-corrected chi connectivity index (χ3v) is 1.81. The molecular weight excluding hydrogens is 128 g/mol. The van der Waals surface area contributed by atoms with Crippen LogP contribution >= 0.6 is 0 Å².